The third kappa shape index (κ3) is 3.41. The van der Waals surface area contributed by atoms with E-state index in [1.54, 1.807) is 13.0 Å². The first-order valence-electron chi connectivity index (χ1n) is 4.91. The zero-order valence-corrected chi connectivity index (χ0v) is 10.9. The van der Waals surface area contributed by atoms with Gasteiger partial charge in [0.15, 0.2) is 0 Å². The molecule has 16 heavy (non-hydrogen) atoms. The first kappa shape index (κ1) is 12.8. The molecule has 0 aliphatic rings. The maximum atomic E-state index is 11.2. The van der Waals surface area contributed by atoms with E-state index in [1.165, 1.54) is 7.11 Å². The number of nitrogens with two attached hydrogens (primary N) is 1. The van der Waals surface area contributed by atoms with Crippen molar-refractivity contribution in [3.8, 4) is 0 Å². The van der Waals surface area contributed by atoms with Crippen LogP contribution in [0.15, 0.2) is 22.7 Å². The summed E-state index contributed by atoms with van der Waals surface area (Å²) in [7, 11) is 1.38. The van der Waals surface area contributed by atoms with Crippen molar-refractivity contribution in [1.29, 1.82) is 0 Å². The van der Waals surface area contributed by atoms with Gasteiger partial charge in [0.1, 0.15) is 0 Å². The summed E-state index contributed by atoms with van der Waals surface area (Å²) in [5.41, 5.74) is 7.25. The van der Waals surface area contributed by atoms with Crippen LogP contribution in [0.2, 0.25) is 0 Å². The average Bonchev–Trinajstić information content (AvgIpc) is 2.28. The van der Waals surface area contributed by atoms with Crippen LogP contribution < -0.4 is 11.1 Å². The molecule has 3 N–H and O–H groups in total. The van der Waals surface area contributed by atoms with Gasteiger partial charge in [-0.3, -0.25) is 4.79 Å². The number of halogens is 1. The molecule has 0 fully saturated rings. The fraction of sp³-hybridized carbons (Fsp3) is 0.364. The Morgan fingerprint density at radius 3 is 2.94 bits per heavy atom. The number of ether oxygens (including phenoxy) is 1. The van der Waals surface area contributed by atoms with E-state index in [1.807, 2.05) is 12.1 Å². The molecule has 0 saturated carbocycles. The van der Waals surface area contributed by atoms with Gasteiger partial charge in [0, 0.05) is 11.0 Å². The Hall–Kier alpha value is -1.23. The number of hydrogen-bond donors (Lipinski definition) is 2. The molecule has 0 amide bonds. The molecule has 1 aromatic carbocycles. The molecule has 4 nitrogen and oxygen atoms in total. The number of anilines is 2. The highest BCUT2D eigenvalue weighted by atomic mass is 79.9. The molecular weight excluding hydrogens is 272 g/mol. The molecule has 0 aromatic heterocycles. The van der Waals surface area contributed by atoms with Crippen molar-refractivity contribution in [2.24, 2.45) is 5.92 Å². The lowest BCUT2D eigenvalue weighted by atomic mass is 10.2. The number of carbonyl (C=O) groups is 1. The molecular formula is C11H15BrN2O2. The standard InChI is InChI=1S/C11H15BrN2O2/c1-7(11(15)16-2)6-14-10-5-8(12)3-4-9(10)13/h3-5,7,14H,6,13H2,1-2H3/t7-/m1/s1. The second-order valence-corrected chi connectivity index (χ2v) is 4.45. The first-order chi connectivity index (χ1) is 7.54. The summed E-state index contributed by atoms with van der Waals surface area (Å²) < 4.78 is 5.57. The molecule has 0 spiro atoms. The first-order valence-corrected chi connectivity index (χ1v) is 5.70. The predicted molar refractivity (Wildman–Crippen MR) is 68.2 cm³/mol. The van der Waals surface area contributed by atoms with E-state index in [-0.39, 0.29) is 11.9 Å². The van der Waals surface area contributed by atoms with Crippen molar-refractivity contribution in [1.82, 2.24) is 0 Å². The highest BCUT2D eigenvalue weighted by Gasteiger charge is 2.12. The minimum atomic E-state index is -0.235. The summed E-state index contributed by atoms with van der Waals surface area (Å²) in [5.74, 6) is -0.440. The molecule has 1 atom stereocenters. The van der Waals surface area contributed by atoms with Gasteiger partial charge in [-0.2, -0.15) is 0 Å². The van der Waals surface area contributed by atoms with Crippen molar-refractivity contribution in [3.05, 3.63) is 22.7 Å². The summed E-state index contributed by atoms with van der Waals surface area (Å²) in [5, 5.41) is 3.11. The second-order valence-electron chi connectivity index (χ2n) is 3.54. The van der Waals surface area contributed by atoms with Crippen molar-refractivity contribution in [3.63, 3.8) is 0 Å². The van der Waals surface area contributed by atoms with E-state index >= 15 is 0 Å². The highest BCUT2D eigenvalue weighted by molar-refractivity contribution is 9.10. The van der Waals surface area contributed by atoms with Gasteiger partial charge in [0.25, 0.3) is 0 Å². The molecule has 0 aliphatic carbocycles. The van der Waals surface area contributed by atoms with Crippen molar-refractivity contribution >= 4 is 33.3 Å². The lowest BCUT2D eigenvalue weighted by molar-refractivity contribution is -0.144. The van der Waals surface area contributed by atoms with Gasteiger partial charge in [-0.05, 0) is 18.2 Å². The van der Waals surface area contributed by atoms with E-state index in [9.17, 15) is 4.79 Å². The third-order valence-electron chi connectivity index (χ3n) is 2.22. The Bertz CT molecular complexity index is 382. The number of nitrogen functional groups attached to an aromatic ring is 1. The zero-order valence-electron chi connectivity index (χ0n) is 9.29. The number of esters is 1. The van der Waals surface area contributed by atoms with Gasteiger partial charge in [-0.15, -0.1) is 0 Å². The van der Waals surface area contributed by atoms with Crippen LogP contribution in [0.4, 0.5) is 11.4 Å². The fourth-order valence-corrected chi connectivity index (χ4v) is 1.59. The van der Waals surface area contributed by atoms with E-state index in [0.29, 0.717) is 12.2 Å². The summed E-state index contributed by atoms with van der Waals surface area (Å²) >= 11 is 3.36. The summed E-state index contributed by atoms with van der Waals surface area (Å²) in [6.45, 7) is 2.29. The topological polar surface area (TPSA) is 64.3 Å². The molecule has 1 rings (SSSR count). The van der Waals surface area contributed by atoms with Crippen molar-refractivity contribution in [2.75, 3.05) is 24.7 Å². The Labute approximate surface area is 103 Å². The molecule has 0 aliphatic heterocycles. The van der Waals surface area contributed by atoms with Crippen LogP contribution in [-0.2, 0) is 9.53 Å². The molecule has 0 unspecified atom stereocenters. The Morgan fingerprint density at radius 2 is 2.31 bits per heavy atom. The Balaban J connectivity index is 2.60. The summed E-state index contributed by atoms with van der Waals surface area (Å²) in [6.07, 6.45) is 0. The van der Waals surface area contributed by atoms with Crippen LogP contribution in [0.25, 0.3) is 0 Å². The minimum Gasteiger partial charge on any atom is -0.469 e. The average molecular weight is 287 g/mol. The van der Waals surface area contributed by atoms with E-state index in [2.05, 4.69) is 26.0 Å². The van der Waals surface area contributed by atoms with Crippen LogP contribution in [0, 0.1) is 5.92 Å². The number of nitrogens with one attached hydrogen (secondary N) is 1. The van der Waals surface area contributed by atoms with Gasteiger partial charge in [-0.25, -0.2) is 0 Å². The fourth-order valence-electron chi connectivity index (χ4n) is 1.23. The van der Waals surface area contributed by atoms with Crippen LogP contribution in [0.5, 0.6) is 0 Å². The van der Waals surface area contributed by atoms with Crippen LogP contribution in [-0.4, -0.2) is 19.6 Å². The normalized spacial score (nSPS) is 11.9. The smallest absolute Gasteiger partial charge is 0.310 e. The van der Waals surface area contributed by atoms with Crippen LogP contribution in [0.3, 0.4) is 0 Å². The maximum absolute atomic E-state index is 11.2. The second kappa shape index (κ2) is 5.75. The molecule has 0 bridgehead atoms. The van der Waals surface area contributed by atoms with E-state index < -0.39 is 0 Å². The van der Waals surface area contributed by atoms with Gasteiger partial charge in [0.05, 0.1) is 24.4 Å². The van der Waals surface area contributed by atoms with Crippen LogP contribution in [0.1, 0.15) is 6.92 Å². The van der Waals surface area contributed by atoms with Crippen LogP contribution >= 0.6 is 15.9 Å². The lowest BCUT2D eigenvalue weighted by Crippen LogP contribution is -2.21. The monoisotopic (exact) mass is 286 g/mol. The molecule has 0 radical (unpaired) electrons. The maximum Gasteiger partial charge on any atom is 0.310 e. The van der Waals surface area contributed by atoms with Crippen molar-refractivity contribution in [2.45, 2.75) is 6.92 Å². The third-order valence-corrected chi connectivity index (χ3v) is 2.71. The molecule has 0 heterocycles. The minimum absolute atomic E-state index is 0.205. The number of hydrogen-bond acceptors (Lipinski definition) is 4. The molecule has 88 valence electrons. The van der Waals surface area contributed by atoms with Crippen molar-refractivity contribution < 1.29 is 9.53 Å². The Morgan fingerprint density at radius 1 is 1.62 bits per heavy atom. The summed E-state index contributed by atoms with van der Waals surface area (Å²) in [4.78, 5) is 11.2. The number of carbonyl (C=O) groups excluding carboxylic acids is 1. The predicted octanol–water partition coefficient (Wildman–Crippen LogP) is 2.25. The SMILES string of the molecule is COC(=O)[C@H](C)CNc1cc(Br)ccc1N. The van der Waals surface area contributed by atoms with Gasteiger partial charge < -0.3 is 15.8 Å². The number of methoxy groups -OCH3 is 1. The largest absolute Gasteiger partial charge is 0.469 e. The molecule has 0 saturated heterocycles. The quantitative estimate of drug-likeness (QED) is 0.658. The van der Waals surface area contributed by atoms with E-state index in [0.717, 1.165) is 10.2 Å². The lowest BCUT2D eigenvalue weighted by Gasteiger charge is -2.13. The van der Waals surface area contributed by atoms with E-state index in [4.69, 9.17) is 5.73 Å². The highest BCUT2D eigenvalue weighted by Crippen LogP contribution is 2.23. The van der Waals surface area contributed by atoms with Gasteiger partial charge in [-0.1, -0.05) is 22.9 Å². The zero-order chi connectivity index (χ0) is 12.1. The number of benzene rings is 1. The molecule has 5 heteroatoms. The number of rotatable bonds is 4. The molecule has 1 aromatic rings. The van der Waals surface area contributed by atoms with Gasteiger partial charge in [0.2, 0.25) is 0 Å². The Kier molecular flexibility index (Phi) is 4.61. The van der Waals surface area contributed by atoms with Gasteiger partial charge >= 0.3 is 5.97 Å². The summed E-state index contributed by atoms with van der Waals surface area (Å²) in [6, 6.07) is 5.54.